The molecule has 18 heavy (non-hydrogen) atoms. The first-order valence-electron chi connectivity index (χ1n) is 5.94. The van der Waals surface area contributed by atoms with Gasteiger partial charge in [0.1, 0.15) is 0 Å². The van der Waals surface area contributed by atoms with Crippen LogP contribution in [0.2, 0.25) is 0 Å². The highest BCUT2D eigenvalue weighted by molar-refractivity contribution is 7.89. The molecule has 0 radical (unpaired) electrons. The Morgan fingerprint density at radius 2 is 1.89 bits per heavy atom. The third-order valence-electron chi connectivity index (χ3n) is 3.13. The Kier molecular flexibility index (Phi) is 3.72. The maximum absolute atomic E-state index is 11.7. The van der Waals surface area contributed by atoms with Crippen molar-refractivity contribution in [1.29, 1.82) is 0 Å². The van der Waals surface area contributed by atoms with Gasteiger partial charge in [-0.2, -0.15) is 4.31 Å². The van der Waals surface area contributed by atoms with E-state index in [9.17, 15) is 13.2 Å². The molecule has 0 atom stereocenters. The first kappa shape index (κ1) is 13.1. The SMILES string of the molecule is CCS(=O)(=O)N1CCN(c2ccc(=O)[nH]c2)CC1. The Morgan fingerprint density at radius 1 is 1.22 bits per heavy atom. The topological polar surface area (TPSA) is 73.5 Å². The fourth-order valence-electron chi connectivity index (χ4n) is 2.01. The van der Waals surface area contributed by atoms with Gasteiger partial charge in [-0.1, -0.05) is 0 Å². The molecule has 0 bridgehead atoms. The first-order valence-corrected chi connectivity index (χ1v) is 7.55. The van der Waals surface area contributed by atoms with Crippen LogP contribution in [-0.2, 0) is 10.0 Å². The molecule has 2 rings (SSSR count). The Labute approximate surface area is 106 Å². The standard InChI is InChI=1S/C11H17N3O3S/c1-2-18(16,17)14-7-5-13(6-8-14)10-3-4-11(15)12-9-10/h3-4,9H,2,5-8H2,1H3,(H,12,15). The lowest BCUT2D eigenvalue weighted by Crippen LogP contribution is -2.49. The zero-order valence-electron chi connectivity index (χ0n) is 10.3. The van der Waals surface area contributed by atoms with Crippen LogP contribution < -0.4 is 10.5 Å². The van der Waals surface area contributed by atoms with Crippen molar-refractivity contribution < 1.29 is 8.42 Å². The normalized spacial score (nSPS) is 17.9. The molecular formula is C11H17N3O3S. The number of rotatable bonds is 3. The van der Waals surface area contributed by atoms with Crippen molar-refractivity contribution in [3.8, 4) is 0 Å². The van der Waals surface area contributed by atoms with Crippen molar-refractivity contribution in [2.24, 2.45) is 0 Å². The van der Waals surface area contributed by atoms with E-state index in [1.165, 1.54) is 10.4 Å². The molecule has 1 N–H and O–H groups in total. The molecule has 1 aliphatic rings. The van der Waals surface area contributed by atoms with Gasteiger partial charge in [-0.3, -0.25) is 4.79 Å². The van der Waals surface area contributed by atoms with Crippen molar-refractivity contribution in [2.45, 2.75) is 6.92 Å². The molecule has 7 heteroatoms. The zero-order chi connectivity index (χ0) is 13.2. The Morgan fingerprint density at radius 3 is 2.39 bits per heavy atom. The number of aromatic nitrogens is 1. The molecule has 1 fully saturated rings. The van der Waals surface area contributed by atoms with Crippen molar-refractivity contribution in [2.75, 3.05) is 36.8 Å². The van der Waals surface area contributed by atoms with Crippen molar-refractivity contribution in [3.05, 3.63) is 28.7 Å². The lowest BCUT2D eigenvalue weighted by molar-refractivity contribution is 0.385. The van der Waals surface area contributed by atoms with Gasteiger partial charge >= 0.3 is 0 Å². The average molecular weight is 271 g/mol. The van der Waals surface area contributed by atoms with Gasteiger partial charge in [0, 0.05) is 38.4 Å². The third kappa shape index (κ3) is 2.73. The van der Waals surface area contributed by atoms with Crippen LogP contribution in [0.25, 0.3) is 0 Å². The van der Waals surface area contributed by atoms with Crippen LogP contribution in [0.15, 0.2) is 23.1 Å². The second-order valence-corrected chi connectivity index (χ2v) is 6.46. The molecule has 0 aliphatic carbocycles. The van der Waals surface area contributed by atoms with Crippen molar-refractivity contribution >= 4 is 15.7 Å². The minimum atomic E-state index is -3.08. The fraction of sp³-hybridized carbons (Fsp3) is 0.545. The molecule has 1 saturated heterocycles. The highest BCUT2D eigenvalue weighted by Crippen LogP contribution is 2.15. The van der Waals surface area contributed by atoms with Gasteiger partial charge in [-0.15, -0.1) is 0 Å². The first-order chi connectivity index (χ1) is 8.53. The summed E-state index contributed by atoms with van der Waals surface area (Å²) in [6, 6.07) is 3.23. The van der Waals surface area contributed by atoms with Gasteiger partial charge in [0.2, 0.25) is 15.6 Å². The number of nitrogens with zero attached hydrogens (tertiary/aromatic N) is 2. The van der Waals surface area contributed by atoms with Crippen LogP contribution in [0.5, 0.6) is 0 Å². The van der Waals surface area contributed by atoms with E-state index in [-0.39, 0.29) is 11.3 Å². The van der Waals surface area contributed by atoms with Crippen LogP contribution in [-0.4, -0.2) is 49.6 Å². The number of piperazine rings is 1. The summed E-state index contributed by atoms with van der Waals surface area (Å²) in [5, 5.41) is 0. The summed E-state index contributed by atoms with van der Waals surface area (Å²) in [5.74, 6) is 0.145. The van der Waals surface area contributed by atoms with Gasteiger partial charge < -0.3 is 9.88 Å². The van der Waals surface area contributed by atoms with E-state index in [0.29, 0.717) is 26.2 Å². The Balaban J connectivity index is 2.03. The summed E-state index contributed by atoms with van der Waals surface area (Å²) in [5.41, 5.74) is 0.786. The average Bonchev–Trinajstić information content (AvgIpc) is 2.40. The monoisotopic (exact) mass is 271 g/mol. The zero-order valence-corrected chi connectivity index (χ0v) is 11.1. The predicted octanol–water partition coefficient (Wildman–Crippen LogP) is -0.153. The van der Waals surface area contributed by atoms with Crippen LogP contribution >= 0.6 is 0 Å². The molecule has 0 spiro atoms. The number of hydrogen-bond donors (Lipinski definition) is 1. The van der Waals surface area contributed by atoms with E-state index in [4.69, 9.17) is 0 Å². The number of nitrogens with one attached hydrogen (secondary N) is 1. The third-order valence-corrected chi connectivity index (χ3v) is 5.01. The quantitative estimate of drug-likeness (QED) is 0.829. The largest absolute Gasteiger partial charge is 0.368 e. The number of anilines is 1. The summed E-state index contributed by atoms with van der Waals surface area (Å²) in [7, 11) is -3.08. The molecule has 0 saturated carbocycles. The minimum absolute atomic E-state index is 0.133. The van der Waals surface area contributed by atoms with Crippen molar-refractivity contribution in [1.82, 2.24) is 9.29 Å². The van der Waals surface area contributed by atoms with Gasteiger partial charge in [0.15, 0.2) is 0 Å². The van der Waals surface area contributed by atoms with E-state index in [0.717, 1.165) is 5.69 Å². The van der Waals surface area contributed by atoms with E-state index < -0.39 is 10.0 Å². The molecule has 2 heterocycles. The van der Waals surface area contributed by atoms with E-state index in [1.54, 1.807) is 19.2 Å². The van der Waals surface area contributed by atoms with Crippen LogP contribution in [0, 0.1) is 0 Å². The van der Waals surface area contributed by atoms with Crippen LogP contribution in [0.3, 0.4) is 0 Å². The summed E-state index contributed by atoms with van der Waals surface area (Å²) in [6.45, 7) is 3.94. The molecule has 0 aromatic carbocycles. The molecule has 0 amide bonds. The molecule has 1 aromatic heterocycles. The number of aromatic amines is 1. The molecular weight excluding hydrogens is 254 g/mol. The second-order valence-electron chi connectivity index (χ2n) is 4.20. The summed E-state index contributed by atoms with van der Waals surface area (Å²) in [4.78, 5) is 15.7. The maximum atomic E-state index is 11.7. The Hall–Kier alpha value is -1.34. The van der Waals surface area contributed by atoms with E-state index in [2.05, 4.69) is 9.88 Å². The summed E-state index contributed by atoms with van der Waals surface area (Å²) >= 11 is 0. The minimum Gasteiger partial charge on any atom is -0.368 e. The van der Waals surface area contributed by atoms with E-state index in [1.807, 2.05) is 0 Å². The smallest absolute Gasteiger partial charge is 0.248 e. The molecule has 1 aromatic rings. The van der Waals surface area contributed by atoms with Crippen LogP contribution in [0.4, 0.5) is 5.69 Å². The van der Waals surface area contributed by atoms with Gasteiger partial charge in [-0.25, -0.2) is 8.42 Å². The van der Waals surface area contributed by atoms with Gasteiger partial charge in [0.25, 0.3) is 0 Å². The van der Waals surface area contributed by atoms with Gasteiger partial charge in [-0.05, 0) is 13.0 Å². The Bertz CT molecular complexity index is 539. The van der Waals surface area contributed by atoms with E-state index >= 15 is 0 Å². The van der Waals surface area contributed by atoms with Crippen LogP contribution in [0.1, 0.15) is 6.92 Å². The van der Waals surface area contributed by atoms with Gasteiger partial charge in [0.05, 0.1) is 11.4 Å². The highest BCUT2D eigenvalue weighted by atomic mass is 32.2. The number of sulfonamides is 1. The molecule has 100 valence electrons. The number of pyridine rings is 1. The van der Waals surface area contributed by atoms with Crippen molar-refractivity contribution in [3.63, 3.8) is 0 Å². The highest BCUT2D eigenvalue weighted by Gasteiger charge is 2.25. The maximum Gasteiger partial charge on any atom is 0.248 e. The summed E-state index contributed by atoms with van der Waals surface area (Å²) < 4.78 is 24.9. The lowest BCUT2D eigenvalue weighted by Gasteiger charge is -2.35. The lowest BCUT2D eigenvalue weighted by atomic mass is 10.3. The fourth-order valence-corrected chi connectivity index (χ4v) is 3.09. The second kappa shape index (κ2) is 5.11. The summed E-state index contributed by atoms with van der Waals surface area (Å²) in [6.07, 6.45) is 1.66. The molecule has 6 nitrogen and oxygen atoms in total. The molecule has 0 unspecified atom stereocenters. The molecule has 1 aliphatic heterocycles. The predicted molar refractivity (Wildman–Crippen MR) is 70.3 cm³/mol. The number of H-pyrrole nitrogens is 1. The number of hydrogen-bond acceptors (Lipinski definition) is 4.